The number of fused-ring (bicyclic) bond motifs is 1. The van der Waals surface area contributed by atoms with Crippen molar-refractivity contribution in [1.82, 2.24) is 9.38 Å². The molecule has 1 aromatic carbocycles. The highest BCUT2D eigenvalue weighted by Gasteiger charge is 2.14. The topological polar surface area (TPSA) is 38.8 Å². The molecular weight excluding hydrogens is 325 g/mol. The van der Waals surface area contributed by atoms with E-state index in [2.05, 4.69) is 4.98 Å². The zero-order valence-corrected chi connectivity index (χ0v) is 13.4. The predicted octanol–water partition coefficient (Wildman–Crippen LogP) is 1.76. The molecule has 22 heavy (non-hydrogen) atoms. The Morgan fingerprint density at radius 1 is 1.41 bits per heavy atom. The summed E-state index contributed by atoms with van der Waals surface area (Å²) >= 11 is 7.46. The largest absolute Gasteiger partial charge is 0.328 e. The van der Waals surface area contributed by atoms with Crippen molar-refractivity contribution in [2.45, 2.75) is 13.1 Å². The number of quaternary nitrogens is 1. The van der Waals surface area contributed by atoms with Crippen molar-refractivity contribution in [3.05, 3.63) is 68.3 Å². The lowest BCUT2D eigenvalue weighted by Crippen LogP contribution is -3.06. The predicted molar refractivity (Wildman–Crippen MR) is 85.0 cm³/mol. The summed E-state index contributed by atoms with van der Waals surface area (Å²) in [4.78, 5) is 18.1. The fourth-order valence-corrected chi connectivity index (χ4v) is 3.32. The molecule has 1 N–H and O–H groups in total. The molecule has 0 fully saturated rings. The van der Waals surface area contributed by atoms with Crippen molar-refractivity contribution in [1.29, 1.82) is 0 Å². The molecule has 2 aromatic heterocycles. The van der Waals surface area contributed by atoms with E-state index in [-0.39, 0.29) is 11.4 Å². The molecule has 1 unspecified atom stereocenters. The number of halogens is 2. The van der Waals surface area contributed by atoms with Gasteiger partial charge < -0.3 is 4.90 Å². The van der Waals surface area contributed by atoms with Gasteiger partial charge in [0.2, 0.25) is 0 Å². The molecule has 0 aliphatic rings. The fourth-order valence-electron chi connectivity index (χ4n) is 2.35. The number of benzene rings is 1. The van der Waals surface area contributed by atoms with E-state index < -0.39 is 0 Å². The van der Waals surface area contributed by atoms with Gasteiger partial charge in [-0.3, -0.25) is 9.20 Å². The van der Waals surface area contributed by atoms with Gasteiger partial charge in [0.15, 0.2) is 4.96 Å². The number of hydrogen-bond donors (Lipinski definition) is 1. The van der Waals surface area contributed by atoms with Crippen molar-refractivity contribution in [2.24, 2.45) is 0 Å². The first-order valence-corrected chi connectivity index (χ1v) is 8.00. The lowest BCUT2D eigenvalue weighted by Gasteiger charge is -2.15. The number of nitrogens with one attached hydrogen (secondary N) is 1. The van der Waals surface area contributed by atoms with E-state index in [1.54, 1.807) is 18.3 Å². The minimum absolute atomic E-state index is 0.0991. The molecule has 7 heteroatoms. The number of rotatable bonds is 4. The third-order valence-corrected chi connectivity index (χ3v) is 4.49. The van der Waals surface area contributed by atoms with Crippen LogP contribution in [0.25, 0.3) is 4.96 Å². The van der Waals surface area contributed by atoms with Gasteiger partial charge in [-0.1, -0.05) is 17.7 Å². The Kier molecular flexibility index (Phi) is 4.24. The summed E-state index contributed by atoms with van der Waals surface area (Å²) in [6, 6.07) is 6.18. The highest BCUT2D eigenvalue weighted by atomic mass is 35.5. The highest BCUT2D eigenvalue weighted by molar-refractivity contribution is 7.15. The second-order valence-corrected chi connectivity index (χ2v) is 6.43. The van der Waals surface area contributed by atoms with E-state index in [4.69, 9.17) is 11.6 Å². The summed E-state index contributed by atoms with van der Waals surface area (Å²) in [5.74, 6) is -0.311. The normalized spacial score (nSPS) is 12.7. The first kappa shape index (κ1) is 15.1. The molecule has 0 amide bonds. The Balaban J connectivity index is 1.81. The van der Waals surface area contributed by atoms with Gasteiger partial charge in [0.1, 0.15) is 24.6 Å². The Morgan fingerprint density at radius 3 is 3.00 bits per heavy atom. The van der Waals surface area contributed by atoms with Gasteiger partial charge in [-0.25, -0.2) is 9.37 Å². The lowest BCUT2D eigenvalue weighted by molar-refractivity contribution is -0.908. The summed E-state index contributed by atoms with van der Waals surface area (Å²) in [5.41, 5.74) is 1.07. The molecule has 0 aliphatic carbocycles. The Morgan fingerprint density at radius 2 is 2.23 bits per heavy atom. The van der Waals surface area contributed by atoms with Gasteiger partial charge >= 0.3 is 0 Å². The smallest absolute Gasteiger partial charge is 0.258 e. The number of nitrogens with zero attached hydrogens (tertiary/aromatic N) is 2. The van der Waals surface area contributed by atoms with Crippen LogP contribution in [0.1, 0.15) is 11.3 Å². The van der Waals surface area contributed by atoms with Crippen molar-refractivity contribution >= 4 is 27.9 Å². The second-order valence-electron chi connectivity index (χ2n) is 5.15. The molecule has 4 nitrogen and oxygen atoms in total. The van der Waals surface area contributed by atoms with Crippen LogP contribution < -0.4 is 10.5 Å². The molecule has 3 aromatic rings. The van der Waals surface area contributed by atoms with Crippen LogP contribution in [0.15, 0.2) is 40.6 Å². The van der Waals surface area contributed by atoms with E-state index >= 15 is 0 Å². The third kappa shape index (κ3) is 3.04. The van der Waals surface area contributed by atoms with Crippen LogP contribution in [-0.4, -0.2) is 16.4 Å². The number of aromatic nitrogens is 2. The Hall–Kier alpha value is -1.76. The molecule has 0 saturated carbocycles. The van der Waals surface area contributed by atoms with Crippen LogP contribution in [-0.2, 0) is 13.1 Å². The average molecular weight is 339 g/mol. The van der Waals surface area contributed by atoms with E-state index in [1.807, 2.05) is 12.4 Å². The molecule has 1 atom stereocenters. The maximum Gasteiger partial charge on any atom is 0.258 e. The first-order valence-electron chi connectivity index (χ1n) is 6.74. The molecule has 0 saturated heterocycles. The van der Waals surface area contributed by atoms with Gasteiger partial charge in [-0.2, -0.15) is 0 Å². The van der Waals surface area contributed by atoms with Crippen LogP contribution in [0.4, 0.5) is 4.39 Å². The minimum atomic E-state index is -0.311. The minimum Gasteiger partial charge on any atom is -0.328 e. The van der Waals surface area contributed by atoms with Crippen LogP contribution in [0, 0.1) is 5.82 Å². The quantitative estimate of drug-likeness (QED) is 0.787. The van der Waals surface area contributed by atoms with E-state index in [1.165, 1.54) is 27.9 Å². The molecule has 0 bridgehead atoms. The van der Waals surface area contributed by atoms with Gasteiger partial charge in [0.05, 0.1) is 17.6 Å². The van der Waals surface area contributed by atoms with Gasteiger partial charge in [0, 0.05) is 17.6 Å². The van der Waals surface area contributed by atoms with Crippen molar-refractivity contribution in [3.8, 4) is 0 Å². The lowest BCUT2D eigenvalue weighted by atomic mass is 10.2. The van der Waals surface area contributed by atoms with E-state index in [9.17, 15) is 9.18 Å². The molecule has 0 radical (unpaired) electrons. The average Bonchev–Trinajstić information content (AvgIpc) is 2.92. The molecule has 0 spiro atoms. The van der Waals surface area contributed by atoms with E-state index in [0.29, 0.717) is 34.3 Å². The van der Waals surface area contributed by atoms with Gasteiger partial charge in [-0.15, -0.1) is 11.3 Å². The Bertz CT molecular complexity index is 856. The second kappa shape index (κ2) is 6.16. The third-order valence-electron chi connectivity index (χ3n) is 3.38. The first-order chi connectivity index (χ1) is 10.5. The van der Waals surface area contributed by atoms with Gasteiger partial charge in [-0.05, 0) is 12.1 Å². The molecule has 0 aliphatic heterocycles. The number of thiazole rings is 1. The van der Waals surface area contributed by atoms with Crippen molar-refractivity contribution in [2.75, 3.05) is 7.05 Å². The monoisotopic (exact) mass is 338 g/mol. The van der Waals surface area contributed by atoms with Crippen LogP contribution in [0.2, 0.25) is 5.02 Å². The summed E-state index contributed by atoms with van der Waals surface area (Å²) in [6.45, 7) is 0.950. The molecule has 3 rings (SSSR count). The maximum atomic E-state index is 13.8. The summed E-state index contributed by atoms with van der Waals surface area (Å²) in [7, 11) is 1.92. The van der Waals surface area contributed by atoms with E-state index in [0.717, 1.165) is 4.90 Å². The maximum absolute atomic E-state index is 13.8. The standard InChI is InChI=1S/C15H13ClFN3OS/c1-19(9-11-12(16)3-2-4-13(11)17)8-10-7-14(21)20-5-6-22-15(20)18-10/h2-7H,8-9H2,1H3/p+1. The summed E-state index contributed by atoms with van der Waals surface area (Å²) < 4.78 is 15.3. The highest BCUT2D eigenvalue weighted by Crippen LogP contribution is 2.17. The number of hydrogen-bond acceptors (Lipinski definition) is 3. The molecule has 2 heterocycles. The van der Waals surface area contributed by atoms with Crippen molar-refractivity contribution < 1.29 is 9.29 Å². The van der Waals surface area contributed by atoms with Crippen LogP contribution in [0.3, 0.4) is 0 Å². The zero-order valence-electron chi connectivity index (χ0n) is 11.8. The van der Waals surface area contributed by atoms with Crippen molar-refractivity contribution in [3.63, 3.8) is 0 Å². The summed E-state index contributed by atoms with van der Waals surface area (Å²) in [5, 5.41) is 2.24. The summed E-state index contributed by atoms with van der Waals surface area (Å²) in [6.07, 6.45) is 1.70. The Labute approximate surface area is 135 Å². The fraction of sp³-hybridized carbons (Fsp3) is 0.200. The molecule has 114 valence electrons. The molecular formula is C15H14ClFN3OS+. The van der Waals surface area contributed by atoms with Gasteiger partial charge in [0.25, 0.3) is 5.56 Å². The SMILES string of the molecule is C[NH+](Cc1cc(=O)n2ccsc2n1)Cc1c(F)cccc1Cl. The van der Waals surface area contributed by atoms with Crippen LogP contribution >= 0.6 is 22.9 Å². The zero-order chi connectivity index (χ0) is 15.7. The van der Waals surface area contributed by atoms with Crippen LogP contribution in [0.5, 0.6) is 0 Å².